The molecule has 0 bridgehead atoms. The van der Waals surface area contributed by atoms with E-state index in [1.807, 2.05) is 0 Å². The Morgan fingerprint density at radius 2 is 2.06 bits per heavy atom. The van der Waals surface area contributed by atoms with Crippen molar-refractivity contribution in [1.82, 2.24) is 5.32 Å². The quantitative estimate of drug-likeness (QED) is 0.718. The molecule has 2 fully saturated rings. The number of hydrogen-bond donors (Lipinski definition) is 2. The Labute approximate surface area is 96.9 Å². The number of carbonyl (C=O) groups excluding carboxylic acids is 1. The van der Waals surface area contributed by atoms with E-state index in [2.05, 4.69) is 5.32 Å². The summed E-state index contributed by atoms with van der Waals surface area (Å²) in [6.45, 7) is 0.950. The molecule has 16 heavy (non-hydrogen) atoms. The first kappa shape index (κ1) is 11.9. The largest absolute Gasteiger partial charge is 0.383 e. The van der Waals surface area contributed by atoms with Gasteiger partial charge in [-0.3, -0.25) is 4.79 Å². The van der Waals surface area contributed by atoms with Crippen LogP contribution >= 0.6 is 0 Å². The zero-order chi connectivity index (χ0) is 11.5. The normalized spacial score (nSPS) is 34.0. The van der Waals surface area contributed by atoms with Crippen molar-refractivity contribution in [3.05, 3.63) is 0 Å². The molecule has 2 aliphatic rings. The van der Waals surface area contributed by atoms with Gasteiger partial charge >= 0.3 is 0 Å². The summed E-state index contributed by atoms with van der Waals surface area (Å²) in [5.41, 5.74) is 5.58. The summed E-state index contributed by atoms with van der Waals surface area (Å²) in [6, 6.07) is -0.0276. The van der Waals surface area contributed by atoms with Crippen molar-refractivity contribution >= 4 is 5.91 Å². The predicted octanol–water partition coefficient (Wildman–Crippen LogP) is 0.513. The number of amides is 1. The maximum atomic E-state index is 12.0. The third kappa shape index (κ3) is 2.38. The zero-order valence-corrected chi connectivity index (χ0v) is 9.95. The number of hydrogen-bond acceptors (Lipinski definition) is 3. The standard InChI is InChI=1S/C12H22N2O2/c1-16-7-8(6-13)14-12(15)11-9-4-2-3-5-10(9)11/h8-11H,2-7,13H2,1H3,(H,14,15). The first-order chi connectivity index (χ1) is 7.77. The van der Waals surface area contributed by atoms with Gasteiger partial charge in [0.05, 0.1) is 12.6 Å². The predicted molar refractivity (Wildman–Crippen MR) is 61.8 cm³/mol. The van der Waals surface area contributed by atoms with Crippen LogP contribution in [0.1, 0.15) is 25.7 Å². The summed E-state index contributed by atoms with van der Waals surface area (Å²) in [5.74, 6) is 1.79. The molecule has 2 saturated carbocycles. The van der Waals surface area contributed by atoms with Gasteiger partial charge in [-0.25, -0.2) is 0 Å². The van der Waals surface area contributed by atoms with Crippen molar-refractivity contribution in [3.8, 4) is 0 Å². The minimum atomic E-state index is -0.0276. The van der Waals surface area contributed by atoms with Crippen LogP contribution in [0.5, 0.6) is 0 Å². The molecule has 0 radical (unpaired) electrons. The minimum Gasteiger partial charge on any atom is -0.383 e. The van der Waals surface area contributed by atoms with Crippen LogP contribution < -0.4 is 11.1 Å². The van der Waals surface area contributed by atoms with Gasteiger partial charge in [0.2, 0.25) is 5.91 Å². The molecule has 0 aliphatic heterocycles. The fraction of sp³-hybridized carbons (Fsp3) is 0.917. The molecular formula is C12H22N2O2. The molecule has 0 aromatic rings. The number of carbonyl (C=O) groups is 1. The van der Waals surface area contributed by atoms with Crippen LogP contribution in [0.3, 0.4) is 0 Å². The Morgan fingerprint density at radius 3 is 2.56 bits per heavy atom. The highest BCUT2D eigenvalue weighted by Crippen LogP contribution is 2.55. The molecule has 92 valence electrons. The average Bonchev–Trinajstić information content (AvgIpc) is 3.02. The Balaban J connectivity index is 1.80. The highest BCUT2D eigenvalue weighted by molar-refractivity contribution is 5.82. The molecule has 3 atom stereocenters. The highest BCUT2D eigenvalue weighted by Gasteiger charge is 2.54. The van der Waals surface area contributed by atoms with E-state index in [1.165, 1.54) is 25.7 Å². The van der Waals surface area contributed by atoms with Gasteiger partial charge in [-0.2, -0.15) is 0 Å². The Bertz CT molecular complexity index is 245. The topological polar surface area (TPSA) is 64.3 Å². The van der Waals surface area contributed by atoms with Crippen molar-refractivity contribution < 1.29 is 9.53 Å². The second-order valence-corrected chi connectivity index (χ2v) is 5.03. The second kappa shape index (κ2) is 5.15. The van der Waals surface area contributed by atoms with Crippen LogP contribution in [0.4, 0.5) is 0 Å². The molecular weight excluding hydrogens is 204 g/mol. The highest BCUT2D eigenvalue weighted by atomic mass is 16.5. The van der Waals surface area contributed by atoms with Crippen molar-refractivity contribution in [2.45, 2.75) is 31.7 Å². The third-order valence-electron chi connectivity index (χ3n) is 3.96. The van der Waals surface area contributed by atoms with Gasteiger partial charge in [-0.05, 0) is 24.7 Å². The first-order valence-corrected chi connectivity index (χ1v) is 6.27. The number of fused-ring (bicyclic) bond motifs is 1. The molecule has 3 unspecified atom stereocenters. The Kier molecular flexibility index (Phi) is 3.82. The van der Waals surface area contributed by atoms with Crippen LogP contribution in [-0.4, -0.2) is 32.2 Å². The van der Waals surface area contributed by atoms with Crippen molar-refractivity contribution in [2.75, 3.05) is 20.3 Å². The number of rotatable bonds is 5. The van der Waals surface area contributed by atoms with E-state index in [4.69, 9.17) is 10.5 Å². The molecule has 2 rings (SSSR count). The summed E-state index contributed by atoms with van der Waals surface area (Å²) in [6.07, 6.45) is 5.06. The lowest BCUT2D eigenvalue weighted by atomic mass is 10.0. The van der Waals surface area contributed by atoms with Gasteiger partial charge in [0.15, 0.2) is 0 Å². The number of methoxy groups -OCH3 is 1. The van der Waals surface area contributed by atoms with E-state index >= 15 is 0 Å². The van der Waals surface area contributed by atoms with Crippen LogP contribution in [0.15, 0.2) is 0 Å². The van der Waals surface area contributed by atoms with E-state index in [9.17, 15) is 4.79 Å². The lowest BCUT2D eigenvalue weighted by molar-refractivity contribution is -0.123. The van der Waals surface area contributed by atoms with E-state index < -0.39 is 0 Å². The van der Waals surface area contributed by atoms with Gasteiger partial charge in [0, 0.05) is 19.6 Å². The van der Waals surface area contributed by atoms with Crippen molar-refractivity contribution in [2.24, 2.45) is 23.5 Å². The van der Waals surface area contributed by atoms with Crippen LogP contribution in [0.2, 0.25) is 0 Å². The monoisotopic (exact) mass is 226 g/mol. The SMILES string of the molecule is COCC(CN)NC(=O)C1C2CCCCC21. The van der Waals surface area contributed by atoms with Crippen molar-refractivity contribution in [1.29, 1.82) is 0 Å². The zero-order valence-electron chi connectivity index (χ0n) is 9.95. The Hall–Kier alpha value is -0.610. The lowest BCUT2D eigenvalue weighted by Gasteiger charge is -2.15. The van der Waals surface area contributed by atoms with Gasteiger partial charge in [0.25, 0.3) is 0 Å². The lowest BCUT2D eigenvalue weighted by Crippen LogP contribution is -2.44. The maximum absolute atomic E-state index is 12.0. The summed E-state index contributed by atoms with van der Waals surface area (Å²) >= 11 is 0. The summed E-state index contributed by atoms with van der Waals surface area (Å²) in [4.78, 5) is 12.0. The fourth-order valence-electron chi connectivity index (χ4n) is 3.05. The maximum Gasteiger partial charge on any atom is 0.224 e. The summed E-state index contributed by atoms with van der Waals surface area (Å²) in [7, 11) is 1.63. The van der Waals surface area contributed by atoms with E-state index in [0.717, 1.165) is 0 Å². The fourth-order valence-corrected chi connectivity index (χ4v) is 3.05. The van der Waals surface area contributed by atoms with Gasteiger partial charge < -0.3 is 15.8 Å². The Morgan fingerprint density at radius 1 is 1.44 bits per heavy atom. The van der Waals surface area contributed by atoms with Gasteiger partial charge in [-0.15, -0.1) is 0 Å². The molecule has 3 N–H and O–H groups in total. The van der Waals surface area contributed by atoms with Gasteiger partial charge in [0.1, 0.15) is 0 Å². The van der Waals surface area contributed by atoms with Crippen LogP contribution in [0, 0.1) is 17.8 Å². The number of nitrogens with one attached hydrogen (secondary N) is 1. The molecule has 0 saturated heterocycles. The number of nitrogens with two attached hydrogens (primary N) is 1. The van der Waals surface area contributed by atoms with Crippen LogP contribution in [-0.2, 0) is 9.53 Å². The molecule has 4 heteroatoms. The molecule has 4 nitrogen and oxygen atoms in total. The molecule has 2 aliphatic carbocycles. The van der Waals surface area contributed by atoms with Crippen molar-refractivity contribution in [3.63, 3.8) is 0 Å². The molecule has 0 spiro atoms. The number of ether oxygens (including phenoxy) is 1. The third-order valence-corrected chi connectivity index (χ3v) is 3.96. The first-order valence-electron chi connectivity index (χ1n) is 6.27. The molecule has 0 aromatic heterocycles. The summed E-state index contributed by atoms with van der Waals surface area (Å²) < 4.78 is 5.02. The molecule has 0 heterocycles. The van der Waals surface area contributed by atoms with Crippen LogP contribution in [0.25, 0.3) is 0 Å². The smallest absolute Gasteiger partial charge is 0.224 e. The molecule has 1 amide bonds. The summed E-state index contributed by atoms with van der Waals surface area (Å²) in [5, 5.41) is 3.00. The second-order valence-electron chi connectivity index (χ2n) is 5.03. The average molecular weight is 226 g/mol. The van der Waals surface area contributed by atoms with E-state index in [-0.39, 0.29) is 17.9 Å². The van der Waals surface area contributed by atoms with E-state index in [0.29, 0.717) is 25.0 Å². The molecule has 0 aromatic carbocycles. The minimum absolute atomic E-state index is 0.0276. The van der Waals surface area contributed by atoms with Gasteiger partial charge in [-0.1, -0.05) is 12.8 Å². The van der Waals surface area contributed by atoms with E-state index in [1.54, 1.807) is 7.11 Å².